The summed E-state index contributed by atoms with van der Waals surface area (Å²) >= 11 is 0. The minimum absolute atomic E-state index is 0.415. The van der Waals surface area contributed by atoms with Gasteiger partial charge in [0.25, 0.3) is 0 Å². The Bertz CT molecular complexity index is 533. The van der Waals surface area contributed by atoms with Gasteiger partial charge in [0.1, 0.15) is 0 Å². The summed E-state index contributed by atoms with van der Waals surface area (Å²) in [4.78, 5) is 10.7. The van der Waals surface area contributed by atoms with Crippen LogP contribution in [-0.4, -0.2) is 29.4 Å². The van der Waals surface area contributed by atoms with Gasteiger partial charge in [0.05, 0.1) is 11.2 Å². The van der Waals surface area contributed by atoms with Gasteiger partial charge in [-0.1, -0.05) is 24.3 Å². The molecule has 0 aliphatic carbocycles. The fraction of sp³-hybridized carbons (Fsp3) is 0.400. The molecule has 1 aromatic carbocycles. The molecule has 4 nitrogen and oxygen atoms in total. The number of aliphatic carboxylic acids is 1. The summed E-state index contributed by atoms with van der Waals surface area (Å²) in [5.41, 5.74) is 0.791. The number of hydrogen-bond acceptors (Lipinski definition) is 3. The second-order valence-corrected chi connectivity index (χ2v) is 5.89. The van der Waals surface area contributed by atoms with Gasteiger partial charge in [-0.3, -0.25) is 0 Å². The monoisotopic (exact) mass is 274 g/mol. The molecule has 0 radical (unpaired) electrons. The van der Waals surface area contributed by atoms with Gasteiger partial charge in [0, 0.05) is 6.08 Å². The van der Waals surface area contributed by atoms with Crippen LogP contribution in [0, 0.1) is 0 Å². The molecule has 0 aromatic heterocycles. The molecule has 1 aliphatic heterocycles. The van der Waals surface area contributed by atoms with Crippen molar-refractivity contribution in [1.82, 2.24) is 0 Å². The lowest BCUT2D eigenvalue weighted by Crippen LogP contribution is -2.41. The predicted molar refractivity (Wildman–Crippen MR) is 78.8 cm³/mol. The Balaban J connectivity index is 2.33. The number of carbonyl (C=O) groups is 1. The summed E-state index contributed by atoms with van der Waals surface area (Å²) in [6.07, 6.45) is 2.67. The summed E-state index contributed by atoms with van der Waals surface area (Å²) in [5, 5.41) is 8.75. The molecule has 5 heteroatoms. The van der Waals surface area contributed by atoms with Gasteiger partial charge in [-0.05, 0) is 44.8 Å². The van der Waals surface area contributed by atoms with Crippen molar-refractivity contribution in [3.63, 3.8) is 0 Å². The molecule has 0 amide bonds. The van der Waals surface area contributed by atoms with E-state index in [4.69, 9.17) is 14.4 Å². The molecule has 0 atom stereocenters. The van der Waals surface area contributed by atoms with Crippen molar-refractivity contribution < 1.29 is 19.2 Å². The fourth-order valence-electron chi connectivity index (χ4n) is 2.01. The van der Waals surface area contributed by atoms with Crippen LogP contribution in [0.5, 0.6) is 0 Å². The van der Waals surface area contributed by atoms with E-state index in [1.807, 2.05) is 52.0 Å². The highest BCUT2D eigenvalue weighted by atomic mass is 16.7. The van der Waals surface area contributed by atoms with Crippen molar-refractivity contribution in [3.8, 4) is 0 Å². The second-order valence-electron chi connectivity index (χ2n) is 5.89. The van der Waals surface area contributed by atoms with Crippen LogP contribution in [0.4, 0.5) is 0 Å². The van der Waals surface area contributed by atoms with Gasteiger partial charge in [0.15, 0.2) is 0 Å². The van der Waals surface area contributed by atoms with E-state index in [0.717, 1.165) is 17.1 Å². The first-order chi connectivity index (χ1) is 9.23. The third-order valence-corrected chi connectivity index (χ3v) is 3.91. The SMILES string of the molecule is CC1(C)OB(c2ccccc2/C=C/C(=O)O)OC1(C)C. The molecule has 1 aromatic rings. The smallest absolute Gasteiger partial charge is 0.478 e. The molecule has 20 heavy (non-hydrogen) atoms. The third kappa shape index (κ3) is 2.79. The van der Waals surface area contributed by atoms with Gasteiger partial charge in [0.2, 0.25) is 0 Å². The summed E-state index contributed by atoms with van der Waals surface area (Å²) in [7, 11) is -0.491. The normalized spacial score (nSPS) is 20.5. The van der Waals surface area contributed by atoms with E-state index in [1.54, 1.807) is 6.08 Å². The Morgan fingerprint density at radius 2 is 1.70 bits per heavy atom. The summed E-state index contributed by atoms with van der Waals surface area (Å²) < 4.78 is 12.0. The summed E-state index contributed by atoms with van der Waals surface area (Å²) in [6, 6.07) is 7.48. The molecule has 0 bridgehead atoms. The van der Waals surface area contributed by atoms with E-state index < -0.39 is 24.3 Å². The van der Waals surface area contributed by atoms with E-state index in [2.05, 4.69) is 0 Å². The molecule has 1 aliphatic rings. The predicted octanol–water partition coefficient (Wildman–Crippen LogP) is 2.08. The molecular weight excluding hydrogens is 255 g/mol. The highest BCUT2D eigenvalue weighted by molar-refractivity contribution is 6.63. The standard InChI is InChI=1S/C15H19BO4/c1-14(2)15(3,4)20-16(19-14)12-8-6-5-7-11(12)9-10-13(17)18/h5-10H,1-4H3,(H,17,18)/b10-9+. The molecule has 1 fully saturated rings. The number of carboxylic acid groups (broad SMARTS) is 1. The minimum Gasteiger partial charge on any atom is -0.478 e. The molecule has 1 heterocycles. The lowest BCUT2D eigenvalue weighted by molar-refractivity contribution is -0.131. The van der Waals surface area contributed by atoms with Gasteiger partial charge in [-0.2, -0.15) is 0 Å². The van der Waals surface area contributed by atoms with E-state index in [9.17, 15) is 4.79 Å². The molecule has 0 spiro atoms. The maximum absolute atomic E-state index is 10.7. The zero-order chi connectivity index (χ0) is 15.0. The minimum atomic E-state index is -0.978. The number of hydrogen-bond donors (Lipinski definition) is 1. The third-order valence-electron chi connectivity index (χ3n) is 3.91. The zero-order valence-electron chi connectivity index (χ0n) is 12.2. The molecular formula is C15H19BO4. The second kappa shape index (κ2) is 5.07. The van der Waals surface area contributed by atoms with Crippen molar-refractivity contribution >= 4 is 24.6 Å². The van der Waals surface area contributed by atoms with Crippen LogP contribution in [0.3, 0.4) is 0 Å². The highest BCUT2D eigenvalue weighted by Crippen LogP contribution is 2.36. The van der Waals surface area contributed by atoms with Crippen LogP contribution >= 0.6 is 0 Å². The Labute approximate surface area is 119 Å². The zero-order valence-corrected chi connectivity index (χ0v) is 12.2. The Morgan fingerprint density at radius 1 is 1.15 bits per heavy atom. The Hall–Kier alpha value is -1.59. The number of carboxylic acids is 1. The lowest BCUT2D eigenvalue weighted by Gasteiger charge is -2.32. The van der Waals surface area contributed by atoms with Crippen LogP contribution in [0.1, 0.15) is 33.3 Å². The first-order valence-corrected chi connectivity index (χ1v) is 6.58. The van der Waals surface area contributed by atoms with Crippen LogP contribution in [0.25, 0.3) is 6.08 Å². The fourth-order valence-corrected chi connectivity index (χ4v) is 2.01. The lowest BCUT2D eigenvalue weighted by atomic mass is 9.76. The van der Waals surface area contributed by atoms with E-state index in [-0.39, 0.29) is 0 Å². The Kier molecular flexibility index (Phi) is 3.76. The molecule has 1 saturated heterocycles. The van der Waals surface area contributed by atoms with Crippen molar-refractivity contribution in [2.24, 2.45) is 0 Å². The molecule has 2 rings (SSSR count). The Morgan fingerprint density at radius 3 is 2.25 bits per heavy atom. The van der Waals surface area contributed by atoms with E-state index >= 15 is 0 Å². The van der Waals surface area contributed by atoms with Gasteiger partial charge in [-0.15, -0.1) is 0 Å². The number of rotatable bonds is 3. The molecule has 1 N–H and O–H groups in total. The molecule has 106 valence electrons. The van der Waals surface area contributed by atoms with Crippen molar-refractivity contribution in [2.45, 2.75) is 38.9 Å². The van der Waals surface area contributed by atoms with Crippen LogP contribution in [0.2, 0.25) is 0 Å². The maximum Gasteiger partial charge on any atom is 0.495 e. The largest absolute Gasteiger partial charge is 0.495 e. The van der Waals surface area contributed by atoms with E-state index in [1.165, 1.54) is 0 Å². The summed E-state index contributed by atoms with van der Waals surface area (Å²) in [6.45, 7) is 7.96. The first-order valence-electron chi connectivity index (χ1n) is 6.58. The maximum atomic E-state index is 10.7. The van der Waals surface area contributed by atoms with Crippen molar-refractivity contribution in [1.29, 1.82) is 0 Å². The van der Waals surface area contributed by atoms with E-state index in [0.29, 0.717) is 0 Å². The molecule has 0 unspecified atom stereocenters. The molecule has 0 saturated carbocycles. The number of benzene rings is 1. The van der Waals surface area contributed by atoms with Crippen LogP contribution < -0.4 is 5.46 Å². The van der Waals surface area contributed by atoms with Crippen molar-refractivity contribution in [2.75, 3.05) is 0 Å². The van der Waals surface area contributed by atoms with Crippen molar-refractivity contribution in [3.05, 3.63) is 35.9 Å². The van der Waals surface area contributed by atoms with Crippen LogP contribution in [0.15, 0.2) is 30.3 Å². The van der Waals surface area contributed by atoms with Gasteiger partial charge < -0.3 is 14.4 Å². The first kappa shape index (κ1) is 14.8. The quantitative estimate of drug-likeness (QED) is 0.677. The van der Waals surface area contributed by atoms with Gasteiger partial charge >= 0.3 is 13.1 Å². The highest BCUT2D eigenvalue weighted by Gasteiger charge is 2.52. The average molecular weight is 274 g/mol. The summed E-state index contributed by atoms with van der Waals surface area (Å²) in [5.74, 6) is -0.978. The van der Waals surface area contributed by atoms with Gasteiger partial charge in [-0.25, -0.2) is 4.79 Å². The topological polar surface area (TPSA) is 55.8 Å². The average Bonchev–Trinajstić information content (AvgIpc) is 2.56. The van der Waals surface area contributed by atoms with Crippen LogP contribution in [-0.2, 0) is 14.1 Å².